The fourth-order valence-corrected chi connectivity index (χ4v) is 4.09. The number of rotatable bonds is 5. The van der Waals surface area contributed by atoms with Gasteiger partial charge in [0.2, 0.25) is 5.91 Å². The van der Waals surface area contributed by atoms with Crippen molar-refractivity contribution in [2.45, 2.75) is 24.9 Å². The lowest BCUT2D eigenvalue weighted by atomic mass is 10.2. The number of amides is 1. The van der Waals surface area contributed by atoms with Crippen LogP contribution in [0.3, 0.4) is 0 Å². The molecule has 2 aromatic carbocycles. The lowest BCUT2D eigenvalue weighted by molar-refractivity contribution is -0.130. The zero-order valence-electron chi connectivity index (χ0n) is 15.0. The summed E-state index contributed by atoms with van der Waals surface area (Å²) >= 11 is 1.73. The van der Waals surface area contributed by atoms with Crippen LogP contribution >= 0.6 is 11.8 Å². The van der Waals surface area contributed by atoms with Crippen molar-refractivity contribution in [1.29, 1.82) is 0 Å². The molecule has 1 aliphatic rings. The second-order valence-electron chi connectivity index (χ2n) is 6.59. The molecule has 1 aliphatic heterocycles. The van der Waals surface area contributed by atoms with Gasteiger partial charge in [-0.15, -0.1) is 11.8 Å². The summed E-state index contributed by atoms with van der Waals surface area (Å²) < 4.78 is 0. The van der Waals surface area contributed by atoms with E-state index in [-0.39, 0.29) is 11.2 Å². The predicted octanol–water partition coefficient (Wildman–Crippen LogP) is 3.97. The first-order valence-corrected chi connectivity index (χ1v) is 9.94. The van der Waals surface area contributed by atoms with Crippen LogP contribution in [0.1, 0.15) is 18.1 Å². The first-order valence-electron chi connectivity index (χ1n) is 8.89. The second-order valence-corrected chi connectivity index (χ2v) is 7.92. The number of benzene rings is 2. The first-order chi connectivity index (χ1) is 12.1. The molecule has 1 fully saturated rings. The van der Waals surface area contributed by atoms with Gasteiger partial charge in [0.1, 0.15) is 0 Å². The smallest absolute Gasteiger partial charge is 0.235 e. The quantitative estimate of drug-likeness (QED) is 0.812. The molecule has 3 rings (SSSR count). The molecule has 0 aromatic heterocycles. The molecular weight excluding hydrogens is 328 g/mol. The number of hydrogen-bond acceptors (Lipinski definition) is 3. The van der Waals surface area contributed by atoms with Gasteiger partial charge in [0, 0.05) is 37.6 Å². The van der Waals surface area contributed by atoms with E-state index in [0.29, 0.717) is 0 Å². The highest BCUT2D eigenvalue weighted by molar-refractivity contribution is 7.99. The Morgan fingerprint density at radius 2 is 1.76 bits per heavy atom. The molecule has 0 bridgehead atoms. The Morgan fingerprint density at radius 1 is 1.04 bits per heavy atom. The maximum absolute atomic E-state index is 12.7. The van der Waals surface area contributed by atoms with Gasteiger partial charge in [0.15, 0.2) is 0 Å². The second kappa shape index (κ2) is 8.43. The van der Waals surface area contributed by atoms with Crippen molar-refractivity contribution in [2.24, 2.45) is 0 Å². The molecule has 1 unspecified atom stereocenters. The van der Waals surface area contributed by atoms with Crippen LogP contribution in [0.5, 0.6) is 0 Å². The first kappa shape index (κ1) is 17.9. The third-order valence-electron chi connectivity index (χ3n) is 4.64. The Kier molecular flexibility index (Phi) is 6.03. The Morgan fingerprint density at radius 3 is 2.44 bits per heavy atom. The molecule has 25 heavy (non-hydrogen) atoms. The molecule has 0 spiro atoms. The fourth-order valence-electron chi connectivity index (χ4n) is 3.18. The minimum Gasteiger partial charge on any atom is -0.368 e. The Hall–Kier alpha value is -1.94. The molecule has 0 N–H and O–H groups in total. The Bertz CT molecular complexity index is 696. The Balaban J connectivity index is 1.48. The standard InChI is InChI=1S/C21H26N2OS/c1-17-7-6-8-19(15-17)16-25-18(2)21(24)23-13-11-22(12-14-23)20-9-4-3-5-10-20/h3-10,15,18H,11-14,16H2,1-2H3. The lowest BCUT2D eigenvalue weighted by Gasteiger charge is -2.37. The number of piperazine rings is 1. The van der Waals surface area contributed by atoms with Crippen molar-refractivity contribution in [3.63, 3.8) is 0 Å². The maximum atomic E-state index is 12.7. The molecule has 1 heterocycles. The number of carbonyl (C=O) groups excluding carboxylic acids is 1. The lowest BCUT2D eigenvalue weighted by Crippen LogP contribution is -2.50. The van der Waals surface area contributed by atoms with Crippen molar-refractivity contribution in [2.75, 3.05) is 31.1 Å². The van der Waals surface area contributed by atoms with Crippen LogP contribution in [0.4, 0.5) is 5.69 Å². The van der Waals surface area contributed by atoms with Crippen LogP contribution in [0.15, 0.2) is 54.6 Å². The van der Waals surface area contributed by atoms with E-state index in [2.05, 4.69) is 60.4 Å². The van der Waals surface area contributed by atoms with Gasteiger partial charge < -0.3 is 9.80 Å². The van der Waals surface area contributed by atoms with E-state index in [0.717, 1.165) is 31.9 Å². The topological polar surface area (TPSA) is 23.6 Å². The van der Waals surface area contributed by atoms with Crippen molar-refractivity contribution in [1.82, 2.24) is 4.90 Å². The van der Waals surface area contributed by atoms with E-state index in [1.54, 1.807) is 11.8 Å². The van der Waals surface area contributed by atoms with Gasteiger partial charge in [0.25, 0.3) is 0 Å². The van der Waals surface area contributed by atoms with Gasteiger partial charge in [-0.1, -0.05) is 48.0 Å². The van der Waals surface area contributed by atoms with Gasteiger partial charge in [-0.3, -0.25) is 4.79 Å². The van der Waals surface area contributed by atoms with E-state index >= 15 is 0 Å². The van der Waals surface area contributed by atoms with Crippen molar-refractivity contribution in [3.8, 4) is 0 Å². The number of anilines is 1. The molecule has 1 atom stereocenters. The summed E-state index contributed by atoms with van der Waals surface area (Å²) in [6.07, 6.45) is 0. The van der Waals surface area contributed by atoms with Crippen LogP contribution in [0.25, 0.3) is 0 Å². The monoisotopic (exact) mass is 354 g/mol. The van der Waals surface area contributed by atoms with Crippen LogP contribution in [0, 0.1) is 6.92 Å². The number of nitrogens with zero attached hydrogens (tertiary/aromatic N) is 2. The summed E-state index contributed by atoms with van der Waals surface area (Å²) in [5.41, 5.74) is 3.81. The average Bonchev–Trinajstić information content (AvgIpc) is 2.66. The largest absolute Gasteiger partial charge is 0.368 e. The fraction of sp³-hybridized carbons (Fsp3) is 0.381. The maximum Gasteiger partial charge on any atom is 0.235 e. The van der Waals surface area contributed by atoms with E-state index < -0.39 is 0 Å². The molecule has 1 amide bonds. The number of hydrogen-bond donors (Lipinski definition) is 0. The summed E-state index contributed by atoms with van der Waals surface area (Å²) in [4.78, 5) is 17.1. The zero-order valence-corrected chi connectivity index (χ0v) is 15.8. The summed E-state index contributed by atoms with van der Waals surface area (Å²) in [5.74, 6) is 1.16. The van der Waals surface area contributed by atoms with Crippen LogP contribution in [-0.4, -0.2) is 42.2 Å². The highest BCUT2D eigenvalue weighted by atomic mass is 32.2. The predicted molar refractivity (Wildman–Crippen MR) is 107 cm³/mol. The van der Waals surface area contributed by atoms with Crippen molar-refractivity contribution >= 4 is 23.4 Å². The summed E-state index contributed by atoms with van der Waals surface area (Å²) in [6, 6.07) is 19.0. The molecule has 1 saturated heterocycles. The van der Waals surface area contributed by atoms with E-state index in [4.69, 9.17) is 0 Å². The molecule has 132 valence electrons. The van der Waals surface area contributed by atoms with Gasteiger partial charge in [-0.25, -0.2) is 0 Å². The van der Waals surface area contributed by atoms with Crippen LogP contribution in [0.2, 0.25) is 0 Å². The van der Waals surface area contributed by atoms with Crippen LogP contribution in [-0.2, 0) is 10.5 Å². The highest BCUT2D eigenvalue weighted by Crippen LogP contribution is 2.22. The van der Waals surface area contributed by atoms with E-state index in [1.807, 2.05) is 17.9 Å². The number of aryl methyl sites for hydroxylation is 1. The van der Waals surface area contributed by atoms with E-state index in [1.165, 1.54) is 16.8 Å². The minimum absolute atomic E-state index is 0.00351. The average molecular weight is 355 g/mol. The molecule has 0 saturated carbocycles. The normalized spacial score (nSPS) is 15.9. The molecule has 0 radical (unpaired) electrons. The molecule has 2 aromatic rings. The number of para-hydroxylation sites is 1. The van der Waals surface area contributed by atoms with Crippen LogP contribution < -0.4 is 4.90 Å². The van der Waals surface area contributed by atoms with Gasteiger partial charge in [-0.2, -0.15) is 0 Å². The summed E-state index contributed by atoms with van der Waals surface area (Å²) in [5, 5.41) is 0.00351. The Labute approximate surface area is 155 Å². The molecule has 4 heteroatoms. The van der Waals surface area contributed by atoms with Gasteiger partial charge in [0.05, 0.1) is 5.25 Å². The molecule has 3 nitrogen and oxygen atoms in total. The third kappa shape index (κ3) is 4.79. The SMILES string of the molecule is Cc1cccc(CSC(C)C(=O)N2CCN(c3ccccc3)CC2)c1. The molecular formula is C21H26N2OS. The zero-order chi connectivity index (χ0) is 17.6. The summed E-state index contributed by atoms with van der Waals surface area (Å²) in [7, 11) is 0. The molecule has 0 aliphatic carbocycles. The number of carbonyl (C=O) groups is 1. The van der Waals surface area contributed by atoms with Gasteiger partial charge >= 0.3 is 0 Å². The third-order valence-corrected chi connectivity index (χ3v) is 5.84. The number of thioether (sulfide) groups is 1. The summed E-state index contributed by atoms with van der Waals surface area (Å²) in [6.45, 7) is 7.57. The highest BCUT2D eigenvalue weighted by Gasteiger charge is 2.25. The van der Waals surface area contributed by atoms with E-state index in [9.17, 15) is 4.79 Å². The van der Waals surface area contributed by atoms with Gasteiger partial charge in [-0.05, 0) is 31.5 Å². The van der Waals surface area contributed by atoms with Crippen molar-refractivity contribution < 1.29 is 4.79 Å². The minimum atomic E-state index is 0.00351. The van der Waals surface area contributed by atoms with Crippen molar-refractivity contribution in [3.05, 3.63) is 65.7 Å².